The minimum Gasteiger partial charge on any atom is -0.311 e. The summed E-state index contributed by atoms with van der Waals surface area (Å²) in [6, 6.07) is 10.2. The number of nitriles is 1. The van der Waals surface area contributed by atoms with Gasteiger partial charge in [-0.3, -0.25) is 4.79 Å². The van der Waals surface area contributed by atoms with Crippen molar-refractivity contribution in [2.24, 2.45) is 0 Å². The molecular formula is C16H12F2N2O. The number of carbonyl (C=O) groups is 1. The van der Waals surface area contributed by atoms with Gasteiger partial charge in [0.25, 0.3) is 5.91 Å². The van der Waals surface area contributed by atoms with Crippen LogP contribution in [-0.4, -0.2) is 13.0 Å². The Bertz CT molecular complexity index is 750. The van der Waals surface area contributed by atoms with Gasteiger partial charge >= 0.3 is 0 Å². The third-order valence-corrected chi connectivity index (χ3v) is 3.15. The standard InChI is InChI=1S/C16H12F2N2O/c1-10-6-13(15(18)8-14(10)17)16(21)20(2)12-5-3-4-11(7-12)9-19/h3-8H,1-2H3. The van der Waals surface area contributed by atoms with Gasteiger partial charge in [-0.15, -0.1) is 0 Å². The molecule has 0 radical (unpaired) electrons. The van der Waals surface area contributed by atoms with Crippen molar-refractivity contribution in [2.75, 3.05) is 11.9 Å². The van der Waals surface area contributed by atoms with E-state index in [1.165, 1.54) is 31.0 Å². The third kappa shape index (κ3) is 2.90. The Morgan fingerprint density at radius 3 is 2.57 bits per heavy atom. The molecule has 0 unspecified atom stereocenters. The molecule has 0 bridgehead atoms. The van der Waals surface area contributed by atoms with Crippen molar-refractivity contribution in [2.45, 2.75) is 6.92 Å². The number of rotatable bonds is 2. The van der Waals surface area contributed by atoms with Crippen molar-refractivity contribution in [1.29, 1.82) is 5.26 Å². The maximum Gasteiger partial charge on any atom is 0.260 e. The van der Waals surface area contributed by atoms with Gasteiger partial charge in [-0.05, 0) is 36.8 Å². The Balaban J connectivity index is 2.40. The maximum absolute atomic E-state index is 13.8. The first kappa shape index (κ1) is 14.7. The first-order chi connectivity index (χ1) is 9.93. The van der Waals surface area contributed by atoms with Gasteiger partial charge in [0.2, 0.25) is 0 Å². The Morgan fingerprint density at radius 2 is 1.90 bits per heavy atom. The fourth-order valence-corrected chi connectivity index (χ4v) is 1.90. The van der Waals surface area contributed by atoms with Crippen molar-refractivity contribution in [1.82, 2.24) is 0 Å². The minimum absolute atomic E-state index is 0.193. The molecule has 0 saturated carbocycles. The number of aryl methyl sites for hydroxylation is 1. The van der Waals surface area contributed by atoms with Crippen molar-refractivity contribution in [3.8, 4) is 6.07 Å². The number of hydrogen-bond acceptors (Lipinski definition) is 2. The van der Waals surface area contributed by atoms with Gasteiger partial charge in [0.1, 0.15) is 11.6 Å². The Kier molecular flexibility index (Phi) is 3.99. The molecule has 0 N–H and O–H groups in total. The van der Waals surface area contributed by atoms with E-state index in [0.717, 1.165) is 0 Å². The highest BCUT2D eigenvalue weighted by molar-refractivity contribution is 6.06. The van der Waals surface area contributed by atoms with Gasteiger partial charge in [0, 0.05) is 18.8 Å². The largest absolute Gasteiger partial charge is 0.311 e. The highest BCUT2D eigenvalue weighted by Gasteiger charge is 2.19. The summed E-state index contributed by atoms with van der Waals surface area (Å²) >= 11 is 0. The SMILES string of the molecule is Cc1cc(C(=O)N(C)c2cccc(C#N)c2)c(F)cc1F. The summed E-state index contributed by atoms with van der Waals surface area (Å²) in [5.74, 6) is -2.21. The molecule has 0 heterocycles. The lowest BCUT2D eigenvalue weighted by atomic mass is 10.1. The molecule has 2 aromatic carbocycles. The zero-order chi connectivity index (χ0) is 15.6. The van der Waals surface area contributed by atoms with Gasteiger partial charge in [-0.1, -0.05) is 6.07 Å². The molecule has 1 amide bonds. The van der Waals surface area contributed by atoms with Crippen LogP contribution in [0.5, 0.6) is 0 Å². The quantitative estimate of drug-likeness (QED) is 0.849. The van der Waals surface area contributed by atoms with Crippen LogP contribution in [0.15, 0.2) is 36.4 Å². The van der Waals surface area contributed by atoms with E-state index in [-0.39, 0.29) is 11.1 Å². The second-order valence-electron chi connectivity index (χ2n) is 4.61. The molecule has 2 rings (SSSR count). The highest BCUT2D eigenvalue weighted by atomic mass is 19.1. The molecular weight excluding hydrogens is 274 g/mol. The maximum atomic E-state index is 13.8. The van der Waals surface area contributed by atoms with Gasteiger partial charge in [0.15, 0.2) is 0 Å². The lowest BCUT2D eigenvalue weighted by Gasteiger charge is -2.18. The van der Waals surface area contributed by atoms with E-state index in [1.807, 2.05) is 6.07 Å². The molecule has 0 aliphatic carbocycles. The second kappa shape index (κ2) is 5.71. The third-order valence-electron chi connectivity index (χ3n) is 3.15. The molecule has 0 atom stereocenters. The molecule has 0 fully saturated rings. The Labute approximate surface area is 121 Å². The van der Waals surface area contributed by atoms with Crippen molar-refractivity contribution in [3.63, 3.8) is 0 Å². The molecule has 0 spiro atoms. The number of hydrogen-bond donors (Lipinski definition) is 0. The predicted octanol–water partition coefficient (Wildman–Crippen LogP) is 3.42. The van der Waals surface area contributed by atoms with Crippen LogP contribution in [0.25, 0.3) is 0 Å². The lowest BCUT2D eigenvalue weighted by molar-refractivity contribution is 0.0989. The van der Waals surface area contributed by atoms with Crippen LogP contribution in [0, 0.1) is 29.9 Å². The Morgan fingerprint density at radius 1 is 1.19 bits per heavy atom. The van der Waals surface area contributed by atoms with E-state index in [1.54, 1.807) is 18.2 Å². The zero-order valence-electron chi connectivity index (χ0n) is 11.5. The fourth-order valence-electron chi connectivity index (χ4n) is 1.90. The molecule has 0 aromatic heterocycles. The molecule has 2 aromatic rings. The summed E-state index contributed by atoms with van der Waals surface area (Å²) in [4.78, 5) is 13.5. The fraction of sp³-hybridized carbons (Fsp3) is 0.125. The summed E-state index contributed by atoms with van der Waals surface area (Å²) in [7, 11) is 1.47. The van der Waals surface area contributed by atoms with Crippen LogP contribution in [0.3, 0.4) is 0 Å². The van der Waals surface area contributed by atoms with Gasteiger partial charge in [0.05, 0.1) is 17.2 Å². The Hall–Kier alpha value is -2.74. The summed E-state index contributed by atoms with van der Waals surface area (Å²) in [6.07, 6.45) is 0. The zero-order valence-corrected chi connectivity index (χ0v) is 11.5. The minimum atomic E-state index is -0.911. The van der Waals surface area contributed by atoms with Crippen LogP contribution in [0.4, 0.5) is 14.5 Å². The monoisotopic (exact) mass is 286 g/mol. The van der Waals surface area contributed by atoms with E-state index in [0.29, 0.717) is 17.3 Å². The van der Waals surface area contributed by atoms with Gasteiger partial charge in [-0.25, -0.2) is 8.78 Å². The number of nitrogens with zero attached hydrogens (tertiary/aromatic N) is 2. The van der Waals surface area contributed by atoms with E-state index >= 15 is 0 Å². The van der Waals surface area contributed by atoms with Crippen molar-refractivity contribution in [3.05, 3.63) is 64.7 Å². The predicted molar refractivity (Wildman–Crippen MR) is 75.0 cm³/mol. The van der Waals surface area contributed by atoms with E-state index in [4.69, 9.17) is 5.26 Å². The van der Waals surface area contributed by atoms with Gasteiger partial charge in [-0.2, -0.15) is 5.26 Å². The van der Waals surface area contributed by atoms with E-state index in [9.17, 15) is 13.6 Å². The van der Waals surface area contributed by atoms with E-state index < -0.39 is 17.5 Å². The molecule has 0 aliphatic heterocycles. The molecule has 0 saturated heterocycles. The summed E-state index contributed by atoms with van der Waals surface area (Å²) < 4.78 is 27.0. The van der Waals surface area contributed by atoms with Crippen LogP contribution in [0.1, 0.15) is 21.5 Å². The topological polar surface area (TPSA) is 44.1 Å². The number of amides is 1. The van der Waals surface area contributed by atoms with Crippen LogP contribution in [-0.2, 0) is 0 Å². The summed E-state index contributed by atoms with van der Waals surface area (Å²) in [5, 5.41) is 8.86. The number of carbonyl (C=O) groups excluding carboxylic acids is 1. The summed E-state index contributed by atoms with van der Waals surface area (Å²) in [5.41, 5.74) is 0.834. The molecule has 0 aliphatic rings. The lowest BCUT2D eigenvalue weighted by Crippen LogP contribution is -2.27. The first-order valence-electron chi connectivity index (χ1n) is 6.18. The average Bonchev–Trinajstić information content (AvgIpc) is 2.49. The second-order valence-corrected chi connectivity index (χ2v) is 4.61. The number of benzene rings is 2. The molecule has 3 nitrogen and oxygen atoms in total. The highest BCUT2D eigenvalue weighted by Crippen LogP contribution is 2.20. The van der Waals surface area contributed by atoms with Crippen LogP contribution >= 0.6 is 0 Å². The van der Waals surface area contributed by atoms with Crippen LogP contribution < -0.4 is 4.90 Å². The smallest absolute Gasteiger partial charge is 0.260 e. The van der Waals surface area contributed by atoms with Crippen molar-refractivity contribution >= 4 is 11.6 Å². The van der Waals surface area contributed by atoms with E-state index in [2.05, 4.69) is 0 Å². The first-order valence-corrected chi connectivity index (χ1v) is 6.18. The van der Waals surface area contributed by atoms with Gasteiger partial charge < -0.3 is 4.90 Å². The van der Waals surface area contributed by atoms with Crippen molar-refractivity contribution < 1.29 is 13.6 Å². The molecule has 5 heteroatoms. The molecule has 21 heavy (non-hydrogen) atoms. The number of halogens is 2. The molecule has 106 valence electrons. The average molecular weight is 286 g/mol. The summed E-state index contributed by atoms with van der Waals surface area (Å²) in [6.45, 7) is 1.46. The van der Waals surface area contributed by atoms with Crippen LogP contribution in [0.2, 0.25) is 0 Å². The number of anilines is 1. The normalized spacial score (nSPS) is 10.0.